The number of esters is 1. The van der Waals surface area contributed by atoms with Crippen LogP contribution in [0.3, 0.4) is 0 Å². The molecule has 0 aliphatic heterocycles. The largest absolute Gasteiger partial charge is 0.480 e. The van der Waals surface area contributed by atoms with Crippen molar-refractivity contribution in [3.63, 3.8) is 0 Å². The van der Waals surface area contributed by atoms with Crippen molar-refractivity contribution >= 4 is 17.8 Å². The van der Waals surface area contributed by atoms with Gasteiger partial charge in [0, 0.05) is 13.0 Å². The minimum Gasteiger partial charge on any atom is -0.480 e. The van der Waals surface area contributed by atoms with Gasteiger partial charge in [0.1, 0.15) is 19.8 Å². The first-order valence-corrected chi connectivity index (χ1v) is 15.9. The van der Waals surface area contributed by atoms with Crippen LogP contribution in [0.2, 0.25) is 0 Å². The molecule has 15 nitrogen and oxygen atoms in total. The summed E-state index contributed by atoms with van der Waals surface area (Å²) in [6.45, 7) is 8.89. The second kappa shape index (κ2) is 36.5. The molecule has 0 aliphatic carbocycles. The zero-order valence-electron chi connectivity index (χ0n) is 27.1. The highest BCUT2D eigenvalue weighted by Crippen LogP contribution is 2.05. The minimum absolute atomic E-state index is 0.157. The highest BCUT2D eigenvalue weighted by Gasteiger charge is 2.04. The molecule has 0 unspecified atom stereocenters. The van der Waals surface area contributed by atoms with E-state index in [9.17, 15) is 14.4 Å². The number of carboxylic acid groups (broad SMARTS) is 1. The van der Waals surface area contributed by atoms with Crippen molar-refractivity contribution in [3.8, 4) is 0 Å². The number of amides is 1. The molecule has 0 saturated heterocycles. The lowest BCUT2D eigenvalue weighted by Crippen LogP contribution is -2.31. The number of hydrogen-bond acceptors (Lipinski definition) is 13. The molecule has 0 aromatic heterocycles. The van der Waals surface area contributed by atoms with E-state index in [1.54, 1.807) is 0 Å². The molecule has 15 heteroatoms. The minimum atomic E-state index is -1.12. The van der Waals surface area contributed by atoms with Crippen molar-refractivity contribution in [3.05, 3.63) is 0 Å². The van der Waals surface area contributed by atoms with Crippen LogP contribution in [0.1, 0.15) is 45.4 Å². The summed E-state index contributed by atoms with van der Waals surface area (Å²) in [4.78, 5) is 33.2. The van der Waals surface area contributed by atoms with E-state index in [4.69, 9.17) is 47.7 Å². The Kier molecular flexibility index (Phi) is 34.9. The second-order valence-corrected chi connectivity index (χ2v) is 9.52. The highest BCUT2D eigenvalue weighted by atomic mass is 16.6. The lowest BCUT2D eigenvalue weighted by molar-refractivity contribution is -0.146. The van der Waals surface area contributed by atoms with Gasteiger partial charge in [0.25, 0.3) is 0 Å². The fourth-order valence-corrected chi connectivity index (χ4v) is 3.35. The van der Waals surface area contributed by atoms with Crippen LogP contribution in [0.5, 0.6) is 0 Å². The number of hydrogen-bond donors (Lipinski definition) is 2. The van der Waals surface area contributed by atoms with Gasteiger partial charge in [0.2, 0.25) is 5.91 Å². The standard InChI is InChI=1S/C30H57NO14/c1-2-3-4-5-6-7-30(35)45-25-24-43-23-22-42-21-20-41-19-18-40-17-16-39-15-14-38-13-12-37-11-10-36-9-8-31-28(32)26-44-27-29(33)34/h2-27H2,1H3,(H,31,32)(H,33,34). The molecule has 0 radical (unpaired) electrons. The van der Waals surface area contributed by atoms with Crippen LogP contribution in [0.4, 0.5) is 0 Å². The van der Waals surface area contributed by atoms with Gasteiger partial charge in [0.05, 0.1) is 106 Å². The zero-order valence-corrected chi connectivity index (χ0v) is 27.1. The summed E-state index contributed by atoms with van der Waals surface area (Å²) in [6, 6.07) is 0. The molecule has 0 aromatic rings. The first kappa shape index (κ1) is 43.0. The molecule has 0 rings (SSSR count). The van der Waals surface area contributed by atoms with Crippen molar-refractivity contribution in [1.82, 2.24) is 5.32 Å². The van der Waals surface area contributed by atoms with Gasteiger partial charge >= 0.3 is 11.9 Å². The Morgan fingerprint density at radius 2 is 0.889 bits per heavy atom. The molecule has 0 aromatic carbocycles. The molecule has 0 fully saturated rings. The van der Waals surface area contributed by atoms with Gasteiger partial charge in [-0.15, -0.1) is 0 Å². The van der Waals surface area contributed by atoms with Crippen LogP contribution in [0.25, 0.3) is 0 Å². The number of ether oxygens (including phenoxy) is 10. The fraction of sp³-hybridized carbons (Fsp3) is 0.900. The molecule has 1 amide bonds. The summed E-state index contributed by atoms with van der Waals surface area (Å²) in [7, 11) is 0. The number of rotatable bonds is 37. The topological polar surface area (TPSA) is 176 Å². The van der Waals surface area contributed by atoms with Gasteiger partial charge in [-0.2, -0.15) is 0 Å². The van der Waals surface area contributed by atoms with Crippen molar-refractivity contribution in [2.45, 2.75) is 45.4 Å². The van der Waals surface area contributed by atoms with E-state index in [0.29, 0.717) is 119 Å². The Hall–Kier alpha value is -1.95. The third-order valence-electron chi connectivity index (χ3n) is 5.61. The van der Waals surface area contributed by atoms with Crippen molar-refractivity contribution in [2.75, 3.05) is 132 Å². The van der Waals surface area contributed by atoms with Crippen LogP contribution in [0.15, 0.2) is 0 Å². The molecule has 2 N–H and O–H groups in total. The first-order chi connectivity index (χ1) is 22.1. The quantitative estimate of drug-likeness (QED) is 0.0722. The smallest absolute Gasteiger partial charge is 0.329 e. The van der Waals surface area contributed by atoms with Crippen LogP contribution >= 0.6 is 0 Å². The van der Waals surface area contributed by atoms with Crippen LogP contribution in [-0.2, 0) is 61.8 Å². The van der Waals surface area contributed by atoms with Gasteiger partial charge in [-0.05, 0) is 6.42 Å². The summed E-state index contributed by atoms with van der Waals surface area (Å²) in [5.41, 5.74) is 0. The molecule has 45 heavy (non-hydrogen) atoms. The molecule has 0 atom stereocenters. The van der Waals surface area contributed by atoms with Crippen molar-refractivity contribution in [1.29, 1.82) is 0 Å². The van der Waals surface area contributed by atoms with Gasteiger partial charge < -0.3 is 57.8 Å². The van der Waals surface area contributed by atoms with Crippen LogP contribution < -0.4 is 5.32 Å². The van der Waals surface area contributed by atoms with Gasteiger partial charge in [-0.1, -0.05) is 32.6 Å². The molecule has 0 heterocycles. The monoisotopic (exact) mass is 655 g/mol. The Morgan fingerprint density at radius 3 is 1.31 bits per heavy atom. The zero-order chi connectivity index (χ0) is 32.9. The fourth-order valence-electron chi connectivity index (χ4n) is 3.35. The predicted molar refractivity (Wildman–Crippen MR) is 162 cm³/mol. The highest BCUT2D eigenvalue weighted by molar-refractivity contribution is 5.77. The van der Waals surface area contributed by atoms with Gasteiger partial charge in [-0.25, -0.2) is 4.79 Å². The summed E-state index contributed by atoms with van der Waals surface area (Å²) in [6.07, 6.45) is 6.02. The average molecular weight is 656 g/mol. The Balaban J connectivity index is 3.14. The van der Waals surface area contributed by atoms with Crippen LogP contribution in [-0.4, -0.2) is 155 Å². The summed E-state index contributed by atoms with van der Waals surface area (Å²) in [5.74, 6) is -1.68. The molecule has 0 saturated carbocycles. The Morgan fingerprint density at radius 1 is 0.489 bits per heavy atom. The lowest BCUT2D eigenvalue weighted by atomic mass is 10.1. The number of unbranched alkanes of at least 4 members (excludes halogenated alkanes) is 4. The van der Waals surface area contributed by atoms with E-state index < -0.39 is 18.5 Å². The van der Waals surface area contributed by atoms with Crippen molar-refractivity contribution in [2.24, 2.45) is 0 Å². The molecule has 0 bridgehead atoms. The maximum Gasteiger partial charge on any atom is 0.329 e. The van der Waals surface area contributed by atoms with E-state index in [2.05, 4.69) is 17.0 Å². The SMILES string of the molecule is CCCCCCCC(=O)OCCOCCOCCOCCOCCOCCOCCOCCOCCNC(=O)COCC(=O)O. The van der Waals surface area contributed by atoms with E-state index in [1.807, 2.05) is 0 Å². The molecule has 0 aliphatic rings. The maximum atomic E-state index is 11.6. The molecule has 0 spiro atoms. The third-order valence-corrected chi connectivity index (χ3v) is 5.61. The number of carboxylic acids is 1. The Bertz CT molecular complexity index is 671. The Labute approximate surface area is 267 Å². The lowest BCUT2D eigenvalue weighted by Gasteiger charge is -2.09. The molecule has 266 valence electrons. The number of aliphatic carboxylic acids is 1. The van der Waals surface area contributed by atoms with Crippen LogP contribution in [0, 0.1) is 0 Å². The first-order valence-electron chi connectivity index (χ1n) is 15.9. The van der Waals surface area contributed by atoms with Crippen molar-refractivity contribution < 1.29 is 66.9 Å². The summed E-state index contributed by atoms with van der Waals surface area (Å²) < 4.78 is 53.1. The van der Waals surface area contributed by atoms with E-state index >= 15 is 0 Å². The summed E-state index contributed by atoms with van der Waals surface area (Å²) >= 11 is 0. The third kappa shape index (κ3) is 38.1. The average Bonchev–Trinajstić information content (AvgIpc) is 3.02. The van der Waals surface area contributed by atoms with E-state index in [0.717, 1.165) is 12.8 Å². The second-order valence-electron chi connectivity index (χ2n) is 9.52. The number of carbonyl (C=O) groups is 3. The molecular weight excluding hydrogens is 598 g/mol. The van der Waals surface area contributed by atoms with E-state index in [-0.39, 0.29) is 19.2 Å². The predicted octanol–water partition coefficient (Wildman–Crippen LogP) is 1.24. The van der Waals surface area contributed by atoms with Gasteiger partial charge in [0.15, 0.2) is 0 Å². The normalized spacial score (nSPS) is 11.1. The van der Waals surface area contributed by atoms with E-state index in [1.165, 1.54) is 19.3 Å². The number of carbonyl (C=O) groups excluding carboxylic acids is 2. The molecular formula is C30H57NO14. The maximum absolute atomic E-state index is 11.6. The van der Waals surface area contributed by atoms with Gasteiger partial charge in [-0.3, -0.25) is 9.59 Å². The summed E-state index contributed by atoms with van der Waals surface area (Å²) in [5, 5.41) is 11.0. The number of nitrogens with one attached hydrogen (secondary N) is 1.